The number of aliphatic imine (C=N–C) groups is 1. The van der Waals surface area contributed by atoms with Crippen molar-refractivity contribution < 1.29 is 9.84 Å². The van der Waals surface area contributed by atoms with Crippen molar-refractivity contribution in [2.24, 2.45) is 10.9 Å². The molecular formula is C23H36N4O2. The Morgan fingerprint density at radius 1 is 1.24 bits per heavy atom. The number of hydrogen-bond acceptors (Lipinski definition) is 5. The SMILES string of the molecule is CC1CCCN1.CO.Cc1cc2c([nH]1)C=NC(c1cccc(OCC(C)C)c1)N2. The molecule has 0 amide bonds. The zero-order valence-corrected chi connectivity index (χ0v) is 18.3. The van der Waals surface area contributed by atoms with Gasteiger partial charge in [-0.2, -0.15) is 0 Å². The average molecular weight is 401 g/mol. The Balaban J connectivity index is 0.000000317. The fourth-order valence-electron chi connectivity index (χ4n) is 3.23. The Hall–Kier alpha value is -2.31. The minimum Gasteiger partial charge on any atom is -0.493 e. The second-order valence-corrected chi connectivity index (χ2v) is 7.88. The number of hydrogen-bond donors (Lipinski definition) is 4. The molecule has 160 valence electrons. The van der Waals surface area contributed by atoms with E-state index in [1.165, 1.54) is 19.4 Å². The minimum absolute atomic E-state index is 0.0599. The van der Waals surface area contributed by atoms with Crippen LogP contribution in [0.1, 0.15) is 56.7 Å². The molecule has 1 aromatic carbocycles. The van der Waals surface area contributed by atoms with Gasteiger partial charge in [-0.15, -0.1) is 0 Å². The number of nitrogens with one attached hydrogen (secondary N) is 3. The number of rotatable bonds is 4. The molecule has 2 aromatic rings. The van der Waals surface area contributed by atoms with E-state index < -0.39 is 0 Å². The number of H-pyrrole nitrogens is 1. The van der Waals surface area contributed by atoms with Gasteiger partial charge in [0.05, 0.1) is 18.0 Å². The summed E-state index contributed by atoms with van der Waals surface area (Å²) in [6, 6.07) is 11.0. The van der Waals surface area contributed by atoms with Crippen LogP contribution in [0, 0.1) is 12.8 Å². The van der Waals surface area contributed by atoms with E-state index in [1.54, 1.807) is 0 Å². The maximum atomic E-state index is 7.00. The summed E-state index contributed by atoms with van der Waals surface area (Å²) in [7, 11) is 1.00. The summed E-state index contributed by atoms with van der Waals surface area (Å²) >= 11 is 0. The molecule has 2 atom stereocenters. The second-order valence-electron chi connectivity index (χ2n) is 7.88. The Labute approximate surface area is 174 Å². The van der Waals surface area contributed by atoms with E-state index in [1.807, 2.05) is 25.3 Å². The van der Waals surface area contributed by atoms with Crippen LogP contribution < -0.4 is 15.4 Å². The molecule has 1 aromatic heterocycles. The van der Waals surface area contributed by atoms with E-state index in [9.17, 15) is 0 Å². The van der Waals surface area contributed by atoms with Crippen LogP contribution in [-0.4, -0.2) is 42.6 Å². The summed E-state index contributed by atoms with van der Waals surface area (Å²) in [5.74, 6) is 1.42. The molecule has 2 aliphatic heterocycles. The molecule has 2 aliphatic rings. The highest BCUT2D eigenvalue weighted by Crippen LogP contribution is 2.29. The van der Waals surface area contributed by atoms with Crippen molar-refractivity contribution in [1.29, 1.82) is 0 Å². The predicted octanol–water partition coefficient (Wildman–Crippen LogP) is 4.27. The Morgan fingerprint density at radius 3 is 2.66 bits per heavy atom. The first-order valence-corrected chi connectivity index (χ1v) is 10.4. The highest BCUT2D eigenvalue weighted by Gasteiger charge is 2.17. The number of fused-ring (bicyclic) bond motifs is 1. The summed E-state index contributed by atoms with van der Waals surface area (Å²) in [6.07, 6.45) is 4.59. The number of anilines is 1. The summed E-state index contributed by atoms with van der Waals surface area (Å²) in [5.41, 5.74) is 4.38. The van der Waals surface area contributed by atoms with Crippen molar-refractivity contribution in [2.45, 2.75) is 52.7 Å². The molecule has 0 radical (unpaired) electrons. The molecule has 2 unspecified atom stereocenters. The van der Waals surface area contributed by atoms with Crippen molar-refractivity contribution in [3.05, 3.63) is 47.3 Å². The van der Waals surface area contributed by atoms with Crippen LogP contribution >= 0.6 is 0 Å². The lowest BCUT2D eigenvalue weighted by Gasteiger charge is -2.20. The quantitative estimate of drug-likeness (QED) is 0.618. The van der Waals surface area contributed by atoms with E-state index in [4.69, 9.17) is 9.84 Å². The lowest BCUT2D eigenvalue weighted by atomic mass is 10.1. The van der Waals surface area contributed by atoms with Crippen LogP contribution in [0.3, 0.4) is 0 Å². The van der Waals surface area contributed by atoms with Crippen LogP contribution in [0.4, 0.5) is 5.69 Å². The molecule has 0 aliphatic carbocycles. The van der Waals surface area contributed by atoms with Gasteiger partial charge in [-0.1, -0.05) is 26.0 Å². The first-order chi connectivity index (χ1) is 14.0. The molecule has 4 N–H and O–H groups in total. The lowest BCUT2D eigenvalue weighted by molar-refractivity contribution is 0.271. The highest BCUT2D eigenvalue weighted by atomic mass is 16.5. The van der Waals surface area contributed by atoms with Crippen LogP contribution in [0.25, 0.3) is 0 Å². The normalized spacial score (nSPS) is 19.4. The fourth-order valence-corrected chi connectivity index (χ4v) is 3.23. The number of aliphatic hydroxyl groups excluding tert-OH is 1. The second kappa shape index (κ2) is 11.6. The standard InChI is InChI=1S/C17H21N3O.C5H11N.CH4O/c1-11(2)10-21-14-6-4-5-13(8-14)17-18-9-16-15(20-17)7-12(3)19-16;1-5-3-2-4-6-5;1-2/h4-9,11,17,19-20H,10H2,1-3H3;5-6H,2-4H2,1H3;2H,1H3. The topological polar surface area (TPSA) is 81.7 Å². The average Bonchev–Trinajstić information content (AvgIpc) is 3.35. The van der Waals surface area contributed by atoms with Gasteiger partial charge in [0.15, 0.2) is 0 Å². The third kappa shape index (κ3) is 7.22. The van der Waals surface area contributed by atoms with E-state index >= 15 is 0 Å². The first kappa shape index (κ1) is 23.0. The molecule has 1 saturated heterocycles. The van der Waals surface area contributed by atoms with E-state index in [-0.39, 0.29) is 6.17 Å². The summed E-state index contributed by atoms with van der Waals surface area (Å²) in [5, 5.41) is 13.8. The van der Waals surface area contributed by atoms with E-state index in [2.05, 4.69) is 59.6 Å². The smallest absolute Gasteiger partial charge is 0.144 e. The number of aromatic nitrogens is 1. The van der Waals surface area contributed by atoms with Crippen molar-refractivity contribution in [1.82, 2.24) is 10.3 Å². The van der Waals surface area contributed by atoms with Crippen LogP contribution in [0.5, 0.6) is 5.75 Å². The monoisotopic (exact) mass is 400 g/mol. The maximum Gasteiger partial charge on any atom is 0.144 e. The summed E-state index contributed by atoms with van der Waals surface area (Å²) in [4.78, 5) is 7.84. The summed E-state index contributed by atoms with van der Waals surface area (Å²) in [6.45, 7) is 10.5. The summed E-state index contributed by atoms with van der Waals surface area (Å²) < 4.78 is 5.79. The molecule has 6 heteroatoms. The van der Waals surface area contributed by atoms with Crippen molar-refractivity contribution in [3.8, 4) is 5.75 Å². The van der Waals surface area contributed by atoms with Gasteiger partial charge < -0.3 is 25.5 Å². The molecule has 0 bridgehead atoms. The van der Waals surface area contributed by atoms with Crippen LogP contribution in [-0.2, 0) is 0 Å². The maximum absolute atomic E-state index is 7.00. The number of aliphatic hydroxyl groups is 1. The third-order valence-corrected chi connectivity index (χ3v) is 4.69. The zero-order valence-electron chi connectivity index (χ0n) is 18.3. The van der Waals surface area contributed by atoms with Crippen LogP contribution in [0.2, 0.25) is 0 Å². The van der Waals surface area contributed by atoms with E-state index in [0.717, 1.165) is 48.1 Å². The highest BCUT2D eigenvalue weighted by molar-refractivity contribution is 5.88. The van der Waals surface area contributed by atoms with Gasteiger partial charge in [0.1, 0.15) is 11.9 Å². The molecule has 29 heavy (non-hydrogen) atoms. The lowest BCUT2D eigenvalue weighted by Crippen LogP contribution is -2.16. The first-order valence-electron chi connectivity index (χ1n) is 10.4. The van der Waals surface area contributed by atoms with Gasteiger partial charge in [-0.25, -0.2) is 0 Å². The number of aryl methyl sites for hydroxylation is 1. The number of nitrogens with zero attached hydrogens (tertiary/aromatic N) is 1. The van der Waals surface area contributed by atoms with Gasteiger partial charge in [0, 0.05) is 25.1 Å². The minimum atomic E-state index is -0.0599. The Morgan fingerprint density at radius 2 is 2.03 bits per heavy atom. The molecular weight excluding hydrogens is 364 g/mol. The van der Waals surface area contributed by atoms with Gasteiger partial charge in [-0.3, -0.25) is 4.99 Å². The molecule has 4 rings (SSSR count). The van der Waals surface area contributed by atoms with Gasteiger partial charge in [0.2, 0.25) is 0 Å². The Kier molecular flexibility index (Phi) is 9.22. The number of aromatic amines is 1. The third-order valence-electron chi connectivity index (χ3n) is 4.69. The molecule has 1 fully saturated rings. The van der Waals surface area contributed by atoms with Crippen molar-refractivity contribution in [3.63, 3.8) is 0 Å². The predicted molar refractivity (Wildman–Crippen MR) is 121 cm³/mol. The molecule has 0 spiro atoms. The fraction of sp³-hybridized carbons (Fsp3) is 0.522. The van der Waals surface area contributed by atoms with Crippen LogP contribution in [0.15, 0.2) is 35.3 Å². The molecule has 3 heterocycles. The number of benzene rings is 1. The number of ether oxygens (including phenoxy) is 1. The Bertz CT molecular complexity index is 764. The van der Waals surface area contributed by atoms with Gasteiger partial charge in [0.25, 0.3) is 0 Å². The molecule has 6 nitrogen and oxygen atoms in total. The van der Waals surface area contributed by atoms with Gasteiger partial charge >= 0.3 is 0 Å². The zero-order chi connectivity index (χ0) is 21.2. The van der Waals surface area contributed by atoms with Gasteiger partial charge in [-0.05, 0) is 62.9 Å². The van der Waals surface area contributed by atoms with Crippen molar-refractivity contribution >= 4 is 11.9 Å². The van der Waals surface area contributed by atoms with E-state index in [0.29, 0.717) is 5.92 Å². The largest absolute Gasteiger partial charge is 0.493 e. The van der Waals surface area contributed by atoms with Crippen molar-refractivity contribution in [2.75, 3.05) is 25.6 Å². The molecule has 0 saturated carbocycles.